The first-order valence-corrected chi connectivity index (χ1v) is 9.36. The van der Waals surface area contributed by atoms with Gasteiger partial charge in [0, 0.05) is 44.8 Å². The van der Waals surface area contributed by atoms with E-state index in [0.29, 0.717) is 44.3 Å². The van der Waals surface area contributed by atoms with Gasteiger partial charge in [0.05, 0.1) is 6.61 Å². The quantitative estimate of drug-likeness (QED) is 0.395. The van der Waals surface area contributed by atoms with Gasteiger partial charge in [-0.3, -0.25) is 9.79 Å². The van der Waals surface area contributed by atoms with Crippen LogP contribution in [0.4, 0.5) is 4.79 Å². The molecule has 0 saturated carbocycles. The van der Waals surface area contributed by atoms with Crippen molar-refractivity contribution < 1.29 is 14.3 Å². The minimum Gasteiger partial charge on any atom is -0.450 e. The smallest absolute Gasteiger partial charge is 0.409 e. The summed E-state index contributed by atoms with van der Waals surface area (Å²) in [5.74, 6) is 0.602. The summed E-state index contributed by atoms with van der Waals surface area (Å²) in [5, 5.41) is 9.43. The number of carbonyl (C=O) groups excluding carboxylic acids is 2. The Morgan fingerprint density at radius 2 is 1.81 bits per heavy atom. The van der Waals surface area contributed by atoms with Crippen molar-refractivity contribution in [3.05, 3.63) is 35.9 Å². The summed E-state index contributed by atoms with van der Waals surface area (Å²) in [6.07, 6.45) is 1.43. The number of hydrogen-bond donors (Lipinski definition) is 3. The van der Waals surface area contributed by atoms with E-state index >= 15 is 0 Å². The van der Waals surface area contributed by atoms with E-state index in [0.717, 1.165) is 12.8 Å². The number of nitrogens with zero attached hydrogens (tertiary/aromatic N) is 2. The van der Waals surface area contributed by atoms with E-state index in [1.54, 1.807) is 24.1 Å². The van der Waals surface area contributed by atoms with Gasteiger partial charge in [-0.15, -0.1) is 0 Å². The Hall–Kier alpha value is -2.77. The zero-order chi connectivity index (χ0) is 19.5. The lowest BCUT2D eigenvalue weighted by atomic mass is 10.1. The van der Waals surface area contributed by atoms with Crippen LogP contribution in [0.25, 0.3) is 0 Å². The number of likely N-dealkylation sites (tertiary alicyclic amines) is 1. The van der Waals surface area contributed by atoms with Crippen LogP contribution in [0, 0.1) is 0 Å². The topological polar surface area (TPSA) is 95.1 Å². The van der Waals surface area contributed by atoms with Crippen molar-refractivity contribution in [1.29, 1.82) is 0 Å². The summed E-state index contributed by atoms with van der Waals surface area (Å²) < 4.78 is 5.03. The monoisotopic (exact) mass is 375 g/mol. The fourth-order valence-electron chi connectivity index (χ4n) is 2.86. The van der Waals surface area contributed by atoms with Crippen molar-refractivity contribution in [2.45, 2.75) is 25.8 Å². The second-order valence-corrected chi connectivity index (χ2v) is 6.23. The summed E-state index contributed by atoms with van der Waals surface area (Å²) >= 11 is 0. The molecule has 1 aromatic carbocycles. The number of aliphatic imine (C=N–C) groups is 1. The maximum Gasteiger partial charge on any atom is 0.409 e. The minimum atomic E-state index is -0.243. The number of guanidine groups is 1. The van der Waals surface area contributed by atoms with E-state index in [9.17, 15) is 9.59 Å². The van der Waals surface area contributed by atoms with E-state index < -0.39 is 0 Å². The molecule has 148 valence electrons. The molecule has 2 rings (SSSR count). The van der Waals surface area contributed by atoms with Crippen LogP contribution in [0.2, 0.25) is 0 Å². The van der Waals surface area contributed by atoms with Crippen LogP contribution in [-0.4, -0.2) is 68.7 Å². The Balaban J connectivity index is 1.65. The van der Waals surface area contributed by atoms with Gasteiger partial charge in [-0.05, 0) is 31.9 Å². The van der Waals surface area contributed by atoms with E-state index in [1.807, 2.05) is 25.1 Å². The Morgan fingerprint density at radius 3 is 2.44 bits per heavy atom. The molecular formula is C19H29N5O3. The number of piperidine rings is 1. The first-order chi connectivity index (χ1) is 13.1. The van der Waals surface area contributed by atoms with Crippen molar-refractivity contribution in [1.82, 2.24) is 20.9 Å². The molecule has 0 bridgehead atoms. The molecular weight excluding hydrogens is 346 g/mol. The predicted molar refractivity (Wildman–Crippen MR) is 105 cm³/mol. The predicted octanol–water partition coefficient (Wildman–Crippen LogP) is 1.20. The molecule has 0 atom stereocenters. The Bertz CT molecular complexity index is 627. The molecule has 1 heterocycles. The lowest BCUT2D eigenvalue weighted by Gasteiger charge is -2.32. The highest BCUT2D eigenvalue weighted by molar-refractivity contribution is 5.94. The fraction of sp³-hybridized carbons (Fsp3) is 0.526. The van der Waals surface area contributed by atoms with Crippen molar-refractivity contribution in [3.63, 3.8) is 0 Å². The number of amides is 2. The molecule has 27 heavy (non-hydrogen) atoms. The number of benzene rings is 1. The van der Waals surface area contributed by atoms with Crippen LogP contribution in [0.3, 0.4) is 0 Å². The van der Waals surface area contributed by atoms with Crippen LogP contribution in [-0.2, 0) is 4.74 Å². The molecule has 8 nitrogen and oxygen atoms in total. The number of hydrogen-bond acceptors (Lipinski definition) is 4. The summed E-state index contributed by atoms with van der Waals surface area (Å²) in [7, 11) is 1.71. The van der Waals surface area contributed by atoms with E-state index in [1.165, 1.54) is 0 Å². The number of carbonyl (C=O) groups is 2. The van der Waals surface area contributed by atoms with E-state index in [4.69, 9.17) is 4.74 Å². The largest absolute Gasteiger partial charge is 0.450 e. The van der Waals surface area contributed by atoms with Crippen molar-refractivity contribution in [2.75, 3.05) is 39.8 Å². The molecule has 0 aromatic heterocycles. The molecule has 3 N–H and O–H groups in total. The van der Waals surface area contributed by atoms with Crippen LogP contribution in [0.5, 0.6) is 0 Å². The minimum absolute atomic E-state index is 0.0910. The second-order valence-electron chi connectivity index (χ2n) is 6.23. The van der Waals surface area contributed by atoms with Gasteiger partial charge in [0.1, 0.15) is 0 Å². The number of rotatable bonds is 6. The molecule has 8 heteroatoms. The zero-order valence-corrected chi connectivity index (χ0v) is 16.0. The SMILES string of the molecule is CCOC(=O)N1CCC(NC(=NC)NCCNC(=O)c2ccccc2)CC1. The average molecular weight is 375 g/mol. The third-order valence-corrected chi connectivity index (χ3v) is 4.32. The second kappa shape index (κ2) is 11.1. The molecule has 0 spiro atoms. The van der Waals surface area contributed by atoms with Crippen LogP contribution in [0.1, 0.15) is 30.1 Å². The molecule has 1 aliphatic heterocycles. The molecule has 0 aliphatic carbocycles. The number of ether oxygens (including phenoxy) is 1. The maximum absolute atomic E-state index is 12.0. The molecule has 1 aromatic rings. The van der Waals surface area contributed by atoms with Gasteiger partial charge in [0.2, 0.25) is 0 Å². The Labute approximate surface area is 160 Å². The highest BCUT2D eigenvalue weighted by Crippen LogP contribution is 2.11. The third kappa shape index (κ3) is 6.80. The van der Waals surface area contributed by atoms with Gasteiger partial charge in [0.25, 0.3) is 5.91 Å². The van der Waals surface area contributed by atoms with Crippen molar-refractivity contribution >= 4 is 18.0 Å². The molecule has 0 unspecified atom stereocenters. The van der Waals surface area contributed by atoms with Gasteiger partial charge in [-0.2, -0.15) is 0 Å². The summed E-state index contributed by atoms with van der Waals surface area (Å²) in [6, 6.07) is 9.38. The number of nitrogens with one attached hydrogen (secondary N) is 3. The van der Waals surface area contributed by atoms with Gasteiger partial charge in [0.15, 0.2) is 5.96 Å². The summed E-state index contributed by atoms with van der Waals surface area (Å²) in [4.78, 5) is 29.7. The van der Waals surface area contributed by atoms with Gasteiger partial charge in [-0.25, -0.2) is 4.79 Å². The summed E-state index contributed by atoms with van der Waals surface area (Å²) in [5.41, 5.74) is 0.647. The molecule has 1 fully saturated rings. The van der Waals surface area contributed by atoms with Crippen LogP contribution < -0.4 is 16.0 Å². The first-order valence-electron chi connectivity index (χ1n) is 9.36. The van der Waals surface area contributed by atoms with Crippen molar-refractivity contribution in [3.8, 4) is 0 Å². The normalized spacial score (nSPS) is 15.2. The lowest BCUT2D eigenvalue weighted by molar-refractivity contribution is 0.0948. The average Bonchev–Trinajstić information content (AvgIpc) is 2.71. The Morgan fingerprint density at radius 1 is 1.15 bits per heavy atom. The van der Waals surface area contributed by atoms with Crippen LogP contribution in [0.15, 0.2) is 35.3 Å². The summed E-state index contributed by atoms with van der Waals surface area (Å²) in [6.45, 7) is 4.61. The maximum atomic E-state index is 12.0. The van der Waals surface area contributed by atoms with Gasteiger partial charge in [-0.1, -0.05) is 18.2 Å². The molecule has 1 saturated heterocycles. The third-order valence-electron chi connectivity index (χ3n) is 4.32. The van der Waals surface area contributed by atoms with E-state index in [2.05, 4.69) is 20.9 Å². The Kier molecular flexibility index (Phi) is 8.41. The highest BCUT2D eigenvalue weighted by Gasteiger charge is 2.23. The lowest BCUT2D eigenvalue weighted by Crippen LogP contribution is -2.50. The zero-order valence-electron chi connectivity index (χ0n) is 16.0. The standard InChI is InChI=1S/C19H29N5O3/c1-3-27-19(26)24-13-9-16(10-14-24)23-18(20-2)22-12-11-21-17(25)15-7-5-4-6-8-15/h4-8,16H,3,9-14H2,1-2H3,(H,21,25)(H2,20,22,23). The van der Waals surface area contributed by atoms with E-state index in [-0.39, 0.29) is 18.0 Å². The first kappa shape index (κ1) is 20.5. The van der Waals surface area contributed by atoms with Crippen LogP contribution >= 0.6 is 0 Å². The highest BCUT2D eigenvalue weighted by atomic mass is 16.6. The van der Waals surface area contributed by atoms with Gasteiger partial charge >= 0.3 is 6.09 Å². The van der Waals surface area contributed by atoms with Gasteiger partial charge < -0.3 is 25.6 Å². The fourth-order valence-corrected chi connectivity index (χ4v) is 2.86. The van der Waals surface area contributed by atoms with Crippen molar-refractivity contribution in [2.24, 2.45) is 4.99 Å². The molecule has 2 amide bonds. The molecule has 0 radical (unpaired) electrons. The molecule has 1 aliphatic rings.